The zero-order chi connectivity index (χ0) is 10.2. The number of hydrogen-bond donors (Lipinski definition) is 1. The number of benzene rings is 1. The third-order valence-electron chi connectivity index (χ3n) is 2.56. The van der Waals surface area contributed by atoms with Crippen LogP contribution in [-0.2, 0) is 16.4 Å². The Hall–Kier alpha value is -0.870. The van der Waals surface area contributed by atoms with Crippen molar-refractivity contribution in [1.82, 2.24) is 5.32 Å². The van der Waals surface area contributed by atoms with Crippen molar-refractivity contribution in [2.75, 3.05) is 12.8 Å². The Morgan fingerprint density at radius 1 is 1.36 bits per heavy atom. The van der Waals surface area contributed by atoms with Gasteiger partial charge < -0.3 is 5.32 Å². The first kappa shape index (κ1) is 9.68. The minimum atomic E-state index is -3.00. The second-order valence-corrected chi connectivity index (χ2v) is 5.88. The average molecular weight is 211 g/mol. The molecule has 0 spiro atoms. The van der Waals surface area contributed by atoms with E-state index in [-0.39, 0.29) is 5.25 Å². The fraction of sp³-hybridized carbons (Fsp3) is 0.400. The van der Waals surface area contributed by atoms with Gasteiger partial charge >= 0.3 is 0 Å². The highest BCUT2D eigenvalue weighted by Gasteiger charge is 2.27. The molecule has 0 saturated heterocycles. The summed E-state index contributed by atoms with van der Waals surface area (Å²) in [6.45, 7) is 1.29. The van der Waals surface area contributed by atoms with Crippen LogP contribution in [0.1, 0.15) is 16.4 Å². The van der Waals surface area contributed by atoms with Crippen molar-refractivity contribution in [2.45, 2.75) is 11.8 Å². The summed E-state index contributed by atoms with van der Waals surface area (Å²) < 4.78 is 23.0. The van der Waals surface area contributed by atoms with Gasteiger partial charge in [0.15, 0.2) is 9.84 Å². The molecule has 0 saturated carbocycles. The van der Waals surface area contributed by atoms with E-state index in [2.05, 4.69) is 5.32 Å². The van der Waals surface area contributed by atoms with Crippen molar-refractivity contribution in [3.05, 3.63) is 35.4 Å². The van der Waals surface area contributed by atoms with E-state index in [1.807, 2.05) is 24.3 Å². The quantitative estimate of drug-likeness (QED) is 0.750. The molecule has 3 nitrogen and oxygen atoms in total. The van der Waals surface area contributed by atoms with Crippen LogP contribution in [0.5, 0.6) is 0 Å². The van der Waals surface area contributed by atoms with E-state index in [4.69, 9.17) is 0 Å². The van der Waals surface area contributed by atoms with Crippen LogP contribution >= 0.6 is 0 Å². The van der Waals surface area contributed by atoms with Gasteiger partial charge in [0.2, 0.25) is 0 Å². The molecule has 1 N–H and O–H groups in total. The second-order valence-electron chi connectivity index (χ2n) is 3.65. The molecule has 0 fully saturated rings. The highest BCUT2D eigenvalue weighted by Crippen LogP contribution is 2.27. The lowest BCUT2D eigenvalue weighted by Gasteiger charge is -2.24. The van der Waals surface area contributed by atoms with E-state index in [1.54, 1.807) is 0 Å². The van der Waals surface area contributed by atoms with Gasteiger partial charge in [-0.15, -0.1) is 0 Å². The number of fused-ring (bicyclic) bond motifs is 1. The molecule has 1 aliphatic rings. The monoisotopic (exact) mass is 211 g/mol. The Labute approximate surface area is 84.1 Å². The van der Waals surface area contributed by atoms with E-state index in [0.717, 1.165) is 17.7 Å². The molecule has 14 heavy (non-hydrogen) atoms. The van der Waals surface area contributed by atoms with Crippen molar-refractivity contribution in [1.29, 1.82) is 0 Å². The Kier molecular flexibility index (Phi) is 2.33. The van der Waals surface area contributed by atoms with Gasteiger partial charge in [-0.05, 0) is 11.1 Å². The van der Waals surface area contributed by atoms with Gasteiger partial charge in [-0.2, -0.15) is 0 Å². The number of hydrogen-bond acceptors (Lipinski definition) is 3. The van der Waals surface area contributed by atoms with Crippen LogP contribution in [0, 0.1) is 0 Å². The summed E-state index contributed by atoms with van der Waals surface area (Å²) in [7, 11) is -3.00. The maximum absolute atomic E-state index is 11.5. The van der Waals surface area contributed by atoms with Crippen molar-refractivity contribution < 1.29 is 8.42 Å². The van der Waals surface area contributed by atoms with E-state index in [9.17, 15) is 8.42 Å². The molecule has 0 radical (unpaired) electrons. The SMILES string of the molecule is CS(=O)(=O)C1CNCc2ccccc21. The summed E-state index contributed by atoms with van der Waals surface area (Å²) in [5.74, 6) is 0. The first-order valence-corrected chi connectivity index (χ1v) is 6.52. The van der Waals surface area contributed by atoms with Gasteiger partial charge in [0.1, 0.15) is 0 Å². The molecular weight excluding hydrogens is 198 g/mol. The predicted octanol–water partition coefficient (Wildman–Crippen LogP) is 0.875. The lowest BCUT2D eigenvalue weighted by molar-refractivity contribution is 0.560. The van der Waals surface area contributed by atoms with Gasteiger partial charge in [-0.25, -0.2) is 8.42 Å². The largest absolute Gasteiger partial charge is 0.311 e. The molecule has 1 aromatic carbocycles. The Bertz CT molecular complexity index is 439. The highest BCUT2D eigenvalue weighted by atomic mass is 32.2. The standard InChI is InChI=1S/C10H13NO2S/c1-14(12,13)10-7-11-6-8-4-2-3-5-9(8)10/h2-5,10-11H,6-7H2,1H3. The van der Waals surface area contributed by atoms with E-state index >= 15 is 0 Å². The van der Waals surface area contributed by atoms with Crippen molar-refractivity contribution in [3.8, 4) is 0 Å². The van der Waals surface area contributed by atoms with E-state index in [1.165, 1.54) is 6.26 Å². The Balaban J connectivity index is 2.51. The third-order valence-corrected chi connectivity index (χ3v) is 4.02. The van der Waals surface area contributed by atoms with Gasteiger partial charge in [0, 0.05) is 19.3 Å². The van der Waals surface area contributed by atoms with Crippen LogP contribution in [0.2, 0.25) is 0 Å². The Morgan fingerprint density at radius 2 is 2.07 bits per heavy atom. The first-order chi connectivity index (χ1) is 6.59. The molecular formula is C10H13NO2S. The van der Waals surface area contributed by atoms with Crippen molar-refractivity contribution in [2.24, 2.45) is 0 Å². The molecule has 1 atom stereocenters. The molecule has 1 aliphatic heterocycles. The zero-order valence-corrected chi connectivity index (χ0v) is 8.84. The smallest absolute Gasteiger partial charge is 0.155 e. The minimum Gasteiger partial charge on any atom is -0.311 e. The van der Waals surface area contributed by atoms with Crippen LogP contribution in [0.3, 0.4) is 0 Å². The number of rotatable bonds is 1. The molecule has 1 unspecified atom stereocenters. The molecule has 76 valence electrons. The fourth-order valence-electron chi connectivity index (χ4n) is 1.84. The lowest BCUT2D eigenvalue weighted by atomic mass is 10.0. The molecule has 0 aromatic heterocycles. The maximum atomic E-state index is 11.5. The average Bonchev–Trinajstić information content (AvgIpc) is 2.15. The van der Waals surface area contributed by atoms with Crippen molar-refractivity contribution >= 4 is 9.84 Å². The molecule has 1 aromatic rings. The summed E-state index contributed by atoms with van der Waals surface area (Å²) in [6, 6.07) is 7.70. The molecule has 1 heterocycles. The van der Waals surface area contributed by atoms with Gasteiger partial charge in [0.05, 0.1) is 5.25 Å². The summed E-state index contributed by atoms with van der Waals surface area (Å²) in [5.41, 5.74) is 2.04. The summed E-state index contributed by atoms with van der Waals surface area (Å²) in [5, 5.41) is 2.74. The molecule has 2 rings (SSSR count). The first-order valence-electron chi connectivity index (χ1n) is 4.56. The number of nitrogens with one attached hydrogen (secondary N) is 1. The Morgan fingerprint density at radius 3 is 2.79 bits per heavy atom. The third kappa shape index (κ3) is 1.67. The van der Waals surface area contributed by atoms with E-state index < -0.39 is 9.84 Å². The molecule has 0 amide bonds. The molecule has 4 heteroatoms. The highest BCUT2D eigenvalue weighted by molar-refractivity contribution is 7.91. The van der Waals surface area contributed by atoms with Crippen LogP contribution in [0.15, 0.2) is 24.3 Å². The van der Waals surface area contributed by atoms with Crippen LogP contribution in [0.25, 0.3) is 0 Å². The normalized spacial score (nSPS) is 21.6. The van der Waals surface area contributed by atoms with Crippen molar-refractivity contribution in [3.63, 3.8) is 0 Å². The molecule has 0 aliphatic carbocycles. The predicted molar refractivity (Wildman–Crippen MR) is 55.7 cm³/mol. The summed E-state index contributed by atoms with van der Waals surface area (Å²) in [6.07, 6.45) is 1.29. The van der Waals surface area contributed by atoms with Crippen LogP contribution < -0.4 is 5.32 Å². The van der Waals surface area contributed by atoms with Gasteiger partial charge in [0.25, 0.3) is 0 Å². The summed E-state index contributed by atoms with van der Waals surface area (Å²) in [4.78, 5) is 0. The zero-order valence-electron chi connectivity index (χ0n) is 8.03. The maximum Gasteiger partial charge on any atom is 0.155 e. The van der Waals surface area contributed by atoms with E-state index in [0.29, 0.717) is 6.54 Å². The topological polar surface area (TPSA) is 46.2 Å². The molecule has 0 bridgehead atoms. The van der Waals surface area contributed by atoms with Gasteiger partial charge in [-0.3, -0.25) is 0 Å². The van der Waals surface area contributed by atoms with Crippen LogP contribution in [0.4, 0.5) is 0 Å². The lowest BCUT2D eigenvalue weighted by Crippen LogP contribution is -2.32. The fourth-order valence-corrected chi connectivity index (χ4v) is 2.95. The minimum absolute atomic E-state index is 0.382. The number of sulfone groups is 1. The second kappa shape index (κ2) is 3.37. The van der Waals surface area contributed by atoms with Crippen LogP contribution in [-0.4, -0.2) is 21.2 Å². The summed E-state index contributed by atoms with van der Waals surface area (Å²) >= 11 is 0. The van der Waals surface area contributed by atoms with Gasteiger partial charge in [-0.1, -0.05) is 24.3 Å².